The van der Waals surface area contributed by atoms with Crippen molar-refractivity contribution in [3.05, 3.63) is 70.2 Å². The zero-order valence-corrected chi connectivity index (χ0v) is 76.0. The fraction of sp³-hybridized carbons (Fsp3) is 0.677. The minimum atomic E-state index is -0.917. The van der Waals surface area contributed by atoms with E-state index in [1.54, 1.807) is 0 Å². The molecule has 0 amide bonds. The molecule has 0 saturated carbocycles. The Hall–Kier alpha value is 16.4. The van der Waals surface area contributed by atoms with Crippen LogP contribution in [0.3, 0.4) is 0 Å². The number of hydrogen-bond acceptors (Lipinski definition) is 3. The van der Waals surface area contributed by atoms with Gasteiger partial charge in [-0.05, 0) is 30.9 Å². The van der Waals surface area contributed by atoms with Gasteiger partial charge in [0.25, 0.3) is 0 Å². The van der Waals surface area contributed by atoms with Gasteiger partial charge in [-0.15, -0.1) is 25.7 Å². The molecule has 20 heteroatoms. The van der Waals surface area contributed by atoms with E-state index < -0.39 is 24.9 Å². The van der Waals surface area contributed by atoms with Crippen molar-refractivity contribution in [2.75, 3.05) is 6.61 Å². The van der Waals surface area contributed by atoms with Gasteiger partial charge in [-0.3, -0.25) is 4.39 Å². The Bertz CT molecular complexity index is 529. The van der Waals surface area contributed by atoms with Crippen LogP contribution in [0.4, 0.5) is 4.39 Å². The van der Waals surface area contributed by atoms with Crippen molar-refractivity contribution >= 4 is 7.85 Å². The van der Waals surface area contributed by atoms with Gasteiger partial charge in [-0.25, -0.2) is 0 Å². The van der Waals surface area contributed by atoms with Crippen LogP contribution in [0, 0.1) is 112 Å². The Morgan fingerprint density at radius 1 is 0.686 bits per heavy atom. The summed E-state index contributed by atoms with van der Waals surface area (Å²) in [7, 11) is 5.96. The number of ether oxygens (including phenoxy) is 3. The van der Waals surface area contributed by atoms with E-state index in [0.29, 0.717) is 17.8 Å². The van der Waals surface area contributed by atoms with E-state index >= 15 is 0 Å². The summed E-state index contributed by atoms with van der Waals surface area (Å²) in [6.07, 6.45) is -1.04. The molecule has 11 atom stereocenters. The molecular weight excluding hydrogens is 1780 g/mol. The van der Waals surface area contributed by atoms with E-state index in [1.165, 1.54) is 6.92 Å². The summed E-state index contributed by atoms with van der Waals surface area (Å²) in [6.45, 7) is 41.3. The van der Waals surface area contributed by atoms with Crippen LogP contribution in [-0.2, 0) is 505 Å². The fourth-order valence-corrected chi connectivity index (χ4v) is 3.31. The third-order valence-electron chi connectivity index (χ3n) is 5.24. The van der Waals surface area contributed by atoms with Crippen LogP contribution >= 0.6 is 0 Å². The molecule has 0 aromatic carbocycles. The predicted molar refractivity (Wildman–Crippen MR) is 157 cm³/mol. The molecule has 0 aromatic heterocycles. The second-order valence-corrected chi connectivity index (χ2v) is 9.82. The maximum absolute atomic E-state index is 10.9. The van der Waals surface area contributed by atoms with E-state index in [0.717, 1.165) is 6.42 Å². The van der Waals surface area contributed by atoms with E-state index in [9.17, 15) is 4.39 Å². The van der Waals surface area contributed by atoms with Gasteiger partial charge >= 0.3 is 0 Å². The molecule has 0 aromatic rings. The van der Waals surface area contributed by atoms with Crippen molar-refractivity contribution < 1.29 is 511 Å². The van der Waals surface area contributed by atoms with E-state index in [-0.39, 0.29) is 548 Å². The zero-order valence-electron chi connectivity index (χ0n) is 34.4. The van der Waals surface area contributed by atoms with Crippen molar-refractivity contribution in [2.45, 2.75) is 85.0 Å². The molecule has 2 heterocycles. The summed E-state index contributed by atoms with van der Waals surface area (Å²) in [5.41, 5.74) is 0. The van der Waals surface area contributed by atoms with Gasteiger partial charge < -0.3 is 96.3 Å². The van der Waals surface area contributed by atoms with Gasteiger partial charge in [0.15, 0.2) is 0 Å². The van der Waals surface area contributed by atoms with Crippen LogP contribution < -0.4 is 0 Å². The smallest absolute Gasteiger partial charge is 0.131 e. The van der Waals surface area contributed by atoms with Crippen molar-refractivity contribution in [3.8, 4) is 0 Å². The van der Waals surface area contributed by atoms with E-state index in [1.807, 2.05) is 20.8 Å². The maximum atomic E-state index is 10.9. The Kier molecular flexibility index (Phi) is 199. The summed E-state index contributed by atoms with van der Waals surface area (Å²) < 4.78 is 36.9. The third-order valence-corrected chi connectivity index (χ3v) is 5.24. The molecular formula is C31H58BFO3Y15-10. The molecule has 3 nitrogen and oxygen atoms in total. The Morgan fingerprint density at radius 3 is 1.25 bits per heavy atom. The summed E-state index contributed by atoms with van der Waals surface area (Å²) in [4.78, 5) is 0. The van der Waals surface area contributed by atoms with Gasteiger partial charge in [0.05, 0.1) is 18.8 Å². The van der Waals surface area contributed by atoms with Crippen molar-refractivity contribution in [1.29, 1.82) is 0 Å². The quantitative estimate of drug-likeness (QED) is 0.214. The summed E-state index contributed by atoms with van der Waals surface area (Å²) in [5, 5.41) is 0. The second kappa shape index (κ2) is 83.3. The van der Waals surface area contributed by atoms with Crippen LogP contribution in [0.5, 0.6) is 0 Å². The molecule has 2 aliphatic heterocycles. The van der Waals surface area contributed by atoms with E-state index in [4.69, 9.17) is 23.4 Å². The molecule has 0 N–H and O–H groups in total. The SMILES string of the molecule is [2H][C@@H]1C(CO[C@@H]2OC(CC)[C@@H](C)[C@H]([CH2-])C2[CH2-])O[C@H]([B])C([CH2-])[C@H]1C.[CH2-]C([CH2-])C.[CH2-]C([CH2-])C.[CH2-][C@@H](C)F.[CH3-].[CH3-].[Y].[Y].[Y].[Y].[Y].[Y].[Y].[Y].[Y].[Y].[Y].[Y].[Y].[Y].[Y]. The number of alkyl halides is 1. The monoisotopic (exact) mass is 1840 g/mol. The van der Waals surface area contributed by atoms with Crippen LogP contribution in [0.2, 0.25) is 0 Å². The molecule has 0 spiro atoms. The van der Waals surface area contributed by atoms with Crippen LogP contribution in [0.15, 0.2) is 0 Å². The average Bonchev–Trinajstić information content (AvgIpc) is 2.72. The summed E-state index contributed by atoms with van der Waals surface area (Å²) >= 11 is 0. The van der Waals surface area contributed by atoms with Gasteiger partial charge in [-0.1, -0.05) is 33.6 Å². The molecule has 2 rings (SSSR count). The molecule has 2 saturated heterocycles. The molecule has 17 radical (unpaired) electrons. The fourth-order valence-electron chi connectivity index (χ4n) is 3.31. The Labute approximate surface area is 702 Å². The molecule has 4 unspecified atom stereocenters. The normalized spacial score (nSPS) is 25.9. The van der Waals surface area contributed by atoms with Crippen molar-refractivity contribution in [1.82, 2.24) is 0 Å². The zero-order chi connectivity index (χ0) is 28.0. The first-order valence-electron chi connectivity index (χ1n) is 12.9. The summed E-state index contributed by atoms with van der Waals surface area (Å²) in [6, 6.07) is -0.452. The molecule has 265 valence electrons. The third kappa shape index (κ3) is 78.1. The molecule has 51 heavy (non-hydrogen) atoms. The first-order chi connectivity index (χ1) is 16.0. The average molecular weight is 1840 g/mol. The molecule has 0 aliphatic carbocycles. The Morgan fingerprint density at radius 2 is 0.980 bits per heavy atom. The molecule has 0 bridgehead atoms. The van der Waals surface area contributed by atoms with Gasteiger partial charge in [0.2, 0.25) is 0 Å². The van der Waals surface area contributed by atoms with Crippen molar-refractivity contribution in [3.63, 3.8) is 0 Å². The minimum Gasteiger partial charge on any atom is -0.385 e. The van der Waals surface area contributed by atoms with Crippen molar-refractivity contribution in [2.24, 2.45) is 41.4 Å². The Balaban J connectivity index is -0.0000000197. The van der Waals surface area contributed by atoms with Crippen LogP contribution in [0.1, 0.15) is 55.7 Å². The first kappa shape index (κ1) is 122. The number of hydrogen-bond donors (Lipinski definition) is 0. The largest absolute Gasteiger partial charge is 0.385 e. The van der Waals surface area contributed by atoms with Gasteiger partial charge in [-0.2, -0.15) is 5.92 Å². The predicted octanol–water partition coefficient (Wildman–Crippen LogP) is 7.67. The minimum absolute atomic E-state index is 0. The number of halogens is 1. The maximum Gasteiger partial charge on any atom is 0.131 e. The standard InChI is InChI=1S/C18H30BO3.2C4H8.C3H6F.2CH3.15Y/c1-7-16-13(5)12(4)14(6)18(22-16)20-9-15-8-10(2)11(3)17(19)21-15;2*1-4(2)3;1-3(2)4;;;;;;;;;;;;;;;;;/h10-18H,3-4,6-9H2,1-2,5H3;2*4H,1-2H2,3H3;3H,1H2,2H3;2*1H3;;;;;;;;;;;;;;;/q-3;2*-2;3*-1;;;;;;;;;;;;;;;/t10-,11?,12-,13-,14?,15?,16?,17-,18+;;;3-;;;;;;;;;;;;;;;;;/m0..0................./s1/i8D;;;;;;;;;;;;;;;;;;;;/t8-,10-,11?,12-,13-,14?,15?,16?,17-,18+;;;;;;;;;;;;;;;;;;;;. The van der Waals surface area contributed by atoms with E-state index in [2.05, 4.69) is 69.2 Å². The molecule has 2 aliphatic rings. The summed E-state index contributed by atoms with van der Waals surface area (Å²) in [5.74, 6) is 1.17. The van der Waals surface area contributed by atoms with Crippen LogP contribution in [-0.4, -0.2) is 45.1 Å². The second-order valence-electron chi connectivity index (χ2n) is 9.82. The van der Waals surface area contributed by atoms with Gasteiger partial charge in [0.1, 0.15) is 14.1 Å². The topological polar surface area (TPSA) is 27.7 Å². The van der Waals surface area contributed by atoms with Gasteiger partial charge in [0, 0.05) is 492 Å². The molecule has 2 fully saturated rings. The first-order valence-corrected chi connectivity index (χ1v) is 12.4. The van der Waals surface area contributed by atoms with Crippen LogP contribution in [0.25, 0.3) is 0 Å². The number of rotatable bonds is 4.